The Morgan fingerprint density at radius 1 is 1.40 bits per heavy atom. The first kappa shape index (κ1) is 15.8. The van der Waals surface area contributed by atoms with E-state index < -0.39 is 18.0 Å². The molecule has 5 heteroatoms. The molecule has 0 amide bonds. The van der Waals surface area contributed by atoms with Gasteiger partial charge in [0.1, 0.15) is 0 Å². The maximum atomic E-state index is 11.7. The fourth-order valence-corrected chi connectivity index (χ4v) is 1.66. The van der Waals surface area contributed by atoms with Crippen LogP contribution in [0.25, 0.3) is 0 Å². The Bertz CT molecular complexity index is 537. The Hall–Kier alpha value is -2.30. The highest BCUT2D eigenvalue weighted by Gasteiger charge is 2.25. The quantitative estimate of drug-likeness (QED) is 0.507. The molecule has 0 radical (unpaired) electrons. The monoisotopic (exact) mass is 277 g/mol. The second-order valence-corrected chi connectivity index (χ2v) is 4.35. The van der Waals surface area contributed by atoms with Gasteiger partial charge in [-0.2, -0.15) is 0 Å². The van der Waals surface area contributed by atoms with Crippen molar-refractivity contribution < 1.29 is 19.1 Å². The second-order valence-electron chi connectivity index (χ2n) is 4.35. The summed E-state index contributed by atoms with van der Waals surface area (Å²) in [6.07, 6.45) is -0.894. The molecule has 1 rings (SSSR count). The maximum absolute atomic E-state index is 11.7. The fraction of sp³-hybridized carbons (Fsp3) is 0.333. The molecule has 0 saturated carbocycles. The topological polar surface area (TPSA) is 78.6 Å². The minimum Gasteiger partial charge on any atom is -0.463 e. The molecule has 0 bridgehead atoms. The number of hydrogen-bond donors (Lipinski definition) is 1. The van der Waals surface area contributed by atoms with Gasteiger partial charge in [-0.15, -0.1) is 0 Å². The van der Waals surface area contributed by atoms with Crippen LogP contribution in [-0.4, -0.2) is 18.5 Å². The van der Waals surface area contributed by atoms with Crippen LogP contribution in [0.5, 0.6) is 0 Å². The van der Waals surface area contributed by atoms with Gasteiger partial charge in [-0.05, 0) is 31.0 Å². The number of aryl methyl sites for hydroxylation is 1. The first-order valence-electron chi connectivity index (χ1n) is 6.26. The first-order chi connectivity index (χ1) is 9.36. The van der Waals surface area contributed by atoms with Crippen LogP contribution < -0.4 is 5.73 Å². The number of rotatable bonds is 5. The zero-order valence-electron chi connectivity index (χ0n) is 11.9. The van der Waals surface area contributed by atoms with Crippen LogP contribution in [0.3, 0.4) is 0 Å². The van der Waals surface area contributed by atoms with Crippen molar-refractivity contribution in [3.8, 4) is 0 Å². The van der Waals surface area contributed by atoms with Gasteiger partial charge >= 0.3 is 11.9 Å². The molecule has 1 unspecified atom stereocenters. The highest BCUT2D eigenvalue weighted by molar-refractivity contribution is 5.89. The normalized spacial score (nSPS) is 11.6. The Kier molecular flexibility index (Phi) is 5.32. The molecule has 0 fully saturated rings. The molecule has 1 aromatic carbocycles. The lowest BCUT2D eigenvalue weighted by Gasteiger charge is -2.19. The van der Waals surface area contributed by atoms with Crippen molar-refractivity contribution in [3.63, 3.8) is 0 Å². The van der Waals surface area contributed by atoms with Crippen LogP contribution in [0.15, 0.2) is 30.4 Å². The molecule has 0 aliphatic heterocycles. The summed E-state index contributed by atoms with van der Waals surface area (Å²) in [6.45, 7) is 8.70. The third-order valence-corrected chi connectivity index (χ3v) is 2.74. The van der Waals surface area contributed by atoms with Crippen LogP contribution in [-0.2, 0) is 19.1 Å². The number of nitrogen functional groups attached to an aromatic ring is 1. The molecule has 0 heterocycles. The number of nitrogens with two attached hydrogens (primary N) is 1. The van der Waals surface area contributed by atoms with Crippen LogP contribution in [0.4, 0.5) is 5.69 Å². The van der Waals surface area contributed by atoms with Gasteiger partial charge in [-0.1, -0.05) is 18.7 Å². The van der Waals surface area contributed by atoms with Crippen LogP contribution in [0.2, 0.25) is 0 Å². The third kappa shape index (κ3) is 3.85. The van der Waals surface area contributed by atoms with Gasteiger partial charge in [0.05, 0.1) is 12.2 Å². The molecule has 2 N–H and O–H groups in total. The Morgan fingerprint density at radius 2 is 2.05 bits per heavy atom. The number of esters is 2. The van der Waals surface area contributed by atoms with Crippen LogP contribution in [0.1, 0.15) is 31.1 Å². The van der Waals surface area contributed by atoms with Crippen molar-refractivity contribution >= 4 is 17.6 Å². The molecule has 1 aromatic rings. The van der Waals surface area contributed by atoms with Crippen molar-refractivity contribution in [2.45, 2.75) is 26.9 Å². The van der Waals surface area contributed by atoms with Crippen molar-refractivity contribution in [1.82, 2.24) is 0 Å². The number of benzene rings is 1. The van der Waals surface area contributed by atoms with E-state index in [4.69, 9.17) is 15.2 Å². The summed E-state index contributed by atoms with van der Waals surface area (Å²) in [5, 5.41) is 0. The molecular weight excluding hydrogens is 258 g/mol. The van der Waals surface area contributed by atoms with Crippen molar-refractivity contribution in [2.75, 3.05) is 12.3 Å². The molecule has 0 saturated heterocycles. The largest absolute Gasteiger partial charge is 0.463 e. The van der Waals surface area contributed by atoms with Gasteiger partial charge in [-0.25, -0.2) is 4.79 Å². The lowest BCUT2D eigenvalue weighted by atomic mass is 10.0. The Labute approximate surface area is 118 Å². The minimum absolute atomic E-state index is 0.0605. The van der Waals surface area contributed by atoms with E-state index in [-0.39, 0.29) is 12.2 Å². The number of hydrogen-bond acceptors (Lipinski definition) is 5. The molecule has 108 valence electrons. The van der Waals surface area contributed by atoms with E-state index in [1.807, 2.05) is 6.92 Å². The number of anilines is 1. The first-order valence-corrected chi connectivity index (χ1v) is 6.26. The Balaban J connectivity index is 3.11. The number of carbonyl (C=O) groups is 2. The molecular formula is C15H19NO4. The molecule has 0 aromatic heterocycles. The SMILES string of the molecule is C=C(C(=O)OCC)C(OC(C)=O)c1ccc(C)c(N)c1. The average molecular weight is 277 g/mol. The van der Waals surface area contributed by atoms with Crippen molar-refractivity contribution in [1.29, 1.82) is 0 Å². The van der Waals surface area contributed by atoms with E-state index in [0.717, 1.165) is 5.56 Å². The van der Waals surface area contributed by atoms with Crippen molar-refractivity contribution in [2.24, 2.45) is 0 Å². The third-order valence-electron chi connectivity index (χ3n) is 2.74. The highest BCUT2D eigenvalue weighted by Crippen LogP contribution is 2.28. The van der Waals surface area contributed by atoms with E-state index in [2.05, 4.69) is 6.58 Å². The molecule has 0 aliphatic carbocycles. The number of carbonyl (C=O) groups excluding carboxylic acids is 2. The smallest absolute Gasteiger partial charge is 0.337 e. The van der Waals surface area contributed by atoms with E-state index in [9.17, 15) is 9.59 Å². The molecule has 20 heavy (non-hydrogen) atoms. The van der Waals surface area contributed by atoms with E-state index in [0.29, 0.717) is 11.3 Å². The number of ether oxygens (including phenoxy) is 2. The highest BCUT2D eigenvalue weighted by atomic mass is 16.6. The summed E-state index contributed by atoms with van der Waals surface area (Å²) in [4.78, 5) is 23.0. The summed E-state index contributed by atoms with van der Waals surface area (Å²) >= 11 is 0. The van der Waals surface area contributed by atoms with E-state index >= 15 is 0 Å². The zero-order valence-corrected chi connectivity index (χ0v) is 11.9. The van der Waals surface area contributed by atoms with Gasteiger partial charge in [-0.3, -0.25) is 4.79 Å². The average Bonchev–Trinajstić information content (AvgIpc) is 2.38. The second kappa shape index (κ2) is 6.75. The summed E-state index contributed by atoms with van der Waals surface area (Å²) in [5.41, 5.74) is 7.94. The minimum atomic E-state index is -0.894. The molecule has 0 spiro atoms. The predicted molar refractivity (Wildman–Crippen MR) is 75.9 cm³/mol. The summed E-state index contributed by atoms with van der Waals surface area (Å²) in [6, 6.07) is 5.19. The van der Waals surface area contributed by atoms with Gasteiger partial charge in [0, 0.05) is 12.6 Å². The summed E-state index contributed by atoms with van der Waals surface area (Å²) < 4.78 is 10.0. The van der Waals surface area contributed by atoms with Gasteiger partial charge in [0.25, 0.3) is 0 Å². The van der Waals surface area contributed by atoms with Crippen molar-refractivity contribution in [3.05, 3.63) is 41.5 Å². The van der Waals surface area contributed by atoms with Crippen LogP contribution >= 0.6 is 0 Å². The lowest BCUT2D eigenvalue weighted by molar-refractivity contribution is -0.147. The maximum Gasteiger partial charge on any atom is 0.337 e. The molecule has 1 atom stereocenters. The van der Waals surface area contributed by atoms with E-state index in [1.54, 1.807) is 25.1 Å². The standard InChI is InChI=1S/C15H19NO4/c1-5-19-15(18)10(3)14(20-11(4)17)12-7-6-9(2)13(16)8-12/h6-8,14H,3,5,16H2,1-2,4H3. The summed E-state index contributed by atoms with van der Waals surface area (Å²) in [7, 11) is 0. The zero-order chi connectivity index (χ0) is 15.3. The fourth-order valence-electron chi connectivity index (χ4n) is 1.66. The van der Waals surface area contributed by atoms with Gasteiger partial charge < -0.3 is 15.2 Å². The molecule has 0 aliphatic rings. The van der Waals surface area contributed by atoms with Gasteiger partial charge in [0.15, 0.2) is 6.10 Å². The summed E-state index contributed by atoms with van der Waals surface area (Å²) in [5.74, 6) is -1.11. The predicted octanol–water partition coefficient (Wildman–Crippen LogP) is 2.30. The van der Waals surface area contributed by atoms with E-state index in [1.165, 1.54) is 6.92 Å². The van der Waals surface area contributed by atoms with Gasteiger partial charge in [0.2, 0.25) is 0 Å². The lowest BCUT2D eigenvalue weighted by Crippen LogP contribution is -2.18. The Morgan fingerprint density at radius 3 is 2.55 bits per heavy atom. The van der Waals surface area contributed by atoms with Crippen LogP contribution in [0, 0.1) is 6.92 Å². The molecule has 5 nitrogen and oxygen atoms in total.